The maximum absolute atomic E-state index is 11.9. The molecule has 2 aromatic rings. The minimum atomic E-state index is -0.291. The first kappa shape index (κ1) is 17.4. The van der Waals surface area contributed by atoms with E-state index in [1.807, 2.05) is 0 Å². The number of ether oxygens (including phenoxy) is 1. The Labute approximate surface area is 139 Å². The van der Waals surface area contributed by atoms with Crippen molar-refractivity contribution in [2.75, 3.05) is 7.11 Å². The molecule has 0 heterocycles. The molecular formula is C18H19NO5. The van der Waals surface area contributed by atoms with E-state index in [0.29, 0.717) is 16.9 Å². The van der Waals surface area contributed by atoms with Crippen LogP contribution in [0.4, 0.5) is 0 Å². The molecule has 2 aromatic carbocycles. The van der Waals surface area contributed by atoms with E-state index in [2.05, 4.69) is 5.32 Å². The second kappa shape index (κ2) is 8.03. The number of aliphatic hydroxyl groups is 1. The number of hydrogen-bond acceptors (Lipinski definition) is 5. The van der Waals surface area contributed by atoms with E-state index in [-0.39, 0.29) is 30.6 Å². The molecule has 0 aliphatic rings. The fraction of sp³-hybridized carbons (Fsp3) is 0.167. The highest BCUT2D eigenvalue weighted by molar-refractivity contribution is 5.91. The molecule has 0 saturated heterocycles. The lowest BCUT2D eigenvalue weighted by molar-refractivity contribution is -0.116. The van der Waals surface area contributed by atoms with Gasteiger partial charge < -0.3 is 25.4 Å². The largest absolute Gasteiger partial charge is 0.508 e. The van der Waals surface area contributed by atoms with Crippen LogP contribution in [0.15, 0.2) is 42.5 Å². The van der Waals surface area contributed by atoms with E-state index in [0.717, 1.165) is 5.56 Å². The van der Waals surface area contributed by atoms with E-state index < -0.39 is 0 Å². The summed E-state index contributed by atoms with van der Waals surface area (Å²) in [6, 6.07) is 9.55. The molecule has 1 amide bonds. The maximum Gasteiger partial charge on any atom is 0.244 e. The van der Waals surface area contributed by atoms with Crippen molar-refractivity contribution < 1.29 is 24.9 Å². The molecule has 0 aliphatic carbocycles. The Morgan fingerprint density at radius 2 is 1.92 bits per heavy atom. The number of rotatable bonds is 6. The first-order valence-electron chi connectivity index (χ1n) is 7.28. The third-order valence-corrected chi connectivity index (χ3v) is 3.41. The van der Waals surface area contributed by atoms with Crippen LogP contribution in [-0.4, -0.2) is 28.3 Å². The Bertz CT molecular complexity index is 755. The molecule has 0 spiro atoms. The third kappa shape index (κ3) is 4.50. The number of amides is 1. The summed E-state index contributed by atoms with van der Waals surface area (Å²) in [6.07, 6.45) is 2.98. The van der Waals surface area contributed by atoms with Crippen molar-refractivity contribution in [3.05, 3.63) is 59.2 Å². The van der Waals surface area contributed by atoms with Crippen molar-refractivity contribution in [3.63, 3.8) is 0 Å². The Kier molecular flexibility index (Phi) is 5.81. The summed E-state index contributed by atoms with van der Waals surface area (Å²) in [5.41, 5.74) is 1.89. The van der Waals surface area contributed by atoms with Gasteiger partial charge in [0.15, 0.2) is 11.5 Å². The quantitative estimate of drug-likeness (QED) is 0.607. The summed E-state index contributed by atoms with van der Waals surface area (Å²) in [5.74, 6) is 0.0960. The van der Waals surface area contributed by atoms with Gasteiger partial charge >= 0.3 is 0 Å². The standard InChI is InChI=1S/C18H19NO5/c1-24-17-9-12(2-6-16(17)22)4-7-18(23)19-10-13-3-5-15(21)14(8-13)11-20/h2-9,20-22H,10-11H2,1H3,(H,19,23)/b7-4+. The lowest BCUT2D eigenvalue weighted by Gasteiger charge is -2.06. The first-order valence-corrected chi connectivity index (χ1v) is 7.28. The van der Waals surface area contributed by atoms with Crippen LogP contribution in [0, 0.1) is 0 Å². The molecule has 6 heteroatoms. The molecule has 4 N–H and O–H groups in total. The molecule has 0 saturated carbocycles. The van der Waals surface area contributed by atoms with Crippen LogP contribution in [0.3, 0.4) is 0 Å². The zero-order valence-electron chi connectivity index (χ0n) is 13.2. The molecule has 0 radical (unpaired) electrons. The average Bonchev–Trinajstić information content (AvgIpc) is 2.60. The Morgan fingerprint density at radius 1 is 1.17 bits per heavy atom. The highest BCUT2D eigenvalue weighted by Crippen LogP contribution is 2.26. The number of carbonyl (C=O) groups is 1. The lowest BCUT2D eigenvalue weighted by Crippen LogP contribution is -2.20. The number of phenolic OH excluding ortho intramolecular Hbond substituents is 1. The van der Waals surface area contributed by atoms with Crippen molar-refractivity contribution >= 4 is 12.0 Å². The van der Waals surface area contributed by atoms with Gasteiger partial charge in [0.05, 0.1) is 13.7 Å². The number of hydrogen-bond donors (Lipinski definition) is 4. The van der Waals surface area contributed by atoms with Gasteiger partial charge in [0.25, 0.3) is 0 Å². The van der Waals surface area contributed by atoms with E-state index in [1.165, 1.54) is 25.3 Å². The number of benzene rings is 2. The fourth-order valence-corrected chi connectivity index (χ4v) is 2.09. The second-order valence-electron chi connectivity index (χ2n) is 5.10. The molecule has 24 heavy (non-hydrogen) atoms. The van der Waals surface area contributed by atoms with Crippen molar-refractivity contribution in [3.8, 4) is 17.2 Å². The van der Waals surface area contributed by atoms with Gasteiger partial charge in [-0.05, 0) is 41.5 Å². The zero-order valence-corrected chi connectivity index (χ0v) is 13.2. The molecule has 0 fully saturated rings. The Morgan fingerprint density at radius 3 is 2.62 bits per heavy atom. The zero-order chi connectivity index (χ0) is 17.5. The number of aliphatic hydroxyl groups excluding tert-OH is 1. The predicted molar refractivity (Wildman–Crippen MR) is 89.6 cm³/mol. The molecule has 126 valence electrons. The normalized spacial score (nSPS) is 10.8. The van der Waals surface area contributed by atoms with Gasteiger partial charge in [-0.2, -0.15) is 0 Å². The Balaban J connectivity index is 1.96. The van der Waals surface area contributed by atoms with E-state index in [4.69, 9.17) is 9.84 Å². The number of carbonyl (C=O) groups excluding carboxylic acids is 1. The minimum Gasteiger partial charge on any atom is -0.508 e. The van der Waals surface area contributed by atoms with Crippen molar-refractivity contribution in [1.29, 1.82) is 0 Å². The van der Waals surface area contributed by atoms with Crippen molar-refractivity contribution in [1.82, 2.24) is 5.32 Å². The molecule has 2 rings (SSSR count). The van der Waals surface area contributed by atoms with E-state index in [1.54, 1.807) is 30.3 Å². The van der Waals surface area contributed by atoms with Gasteiger partial charge in [0.1, 0.15) is 5.75 Å². The SMILES string of the molecule is COc1cc(/C=C/C(=O)NCc2ccc(O)c(CO)c2)ccc1O. The predicted octanol–water partition coefficient (Wildman–Crippen LogP) is 1.93. The number of nitrogens with one attached hydrogen (secondary N) is 1. The lowest BCUT2D eigenvalue weighted by atomic mass is 10.1. The topological polar surface area (TPSA) is 99.0 Å². The minimum absolute atomic E-state index is 0.0220. The molecule has 0 bridgehead atoms. The smallest absolute Gasteiger partial charge is 0.244 e. The van der Waals surface area contributed by atoms with Gasteiger partial charge in [-0.25, -0.2) is 0 Å². The van der Waals surface area contributed by atoms with Crippen LogP contribution in [0.5, 0.6) is 17.2 Å². The summed E-state index contributed by atoms with van der Waals surface area (Å²) in [5, 5.41) is 30.8. The molecule has 0 atom stereocenters. The van der Waals surface area contributed by atoms with Gasteiger partial charge in [-0.1, -0.05) is 12.1 Å². The van der Waals surface area contributed by atoms with Gasteiger partial charge in [0, 0.05) is 18.2 Å². The second-order valence-corrected chi connectivity index (χ2v) is 5.10. The Hall–Kier alpha value is -2.99. The molecule has 0 aromatic heterocycles. The summed E-state index contributed by atoms with van der Waals surface area (Å²) < 4.78 is 5.00. The van der Waals surface area contributed by atoms with Gasteiger partial charge in [0.2, 0.25) is 5.91 Å². The number of methoxy groups -OCH3 is 1. The summed E-state index contributed by atoms with van der Waals surface area (Å²) in [6.45, 7) is 0.00552. The van der Waals surface area contributed by atoms with Crippen molar-refractivity contribution in [2.24, 2.45) is 0 Å². The molecule has 0 aliphatic heterocycles. The van der Waals surface area contributed by atoms with Crippen LogP contribution in [0.2, 0.25) is 0 Å². The monoisotopic (exact) mass is 329 g/mol. The van der Waals surface area contributed by atoms with E-state index >= 15 is 0 Å². The highest BCUT2D eigenvalue weighted by Gasteiger charge is 2.04. The van der Waals surface area contributed by atoms with Crippen LogP contribution < -0.4 is 10.1 Å². The number of phenols is 2. The molecule has 6 nitrogen and oxygen atoms in total. The maximum atomic E-state index is 11.9. The fourth-order valence-electron chi connectivity index (χ4n) is 2.09. The van der Waals surface area contributed by atoms with Crippen LogP contribution in [0.25, 0.3) is 6.08 Å². The summed E-state index contributed by atoms with van der Waals surface area (Å²) in [4.78, 5) is 11.9. The van der Waals surface area contributed by atoms with Gasteiger partial charge in [-0.15, -0.1) is 0 Å². The highest BCUT2D eigenvalue weighted by atomic mass is 16.5. The molecular weight excluding hydrogens is 310 g/mol. The van der Waals surface area contributed by atoms with Crippen LogP contribution in [-0.2, 0) is 17.9 Å². The molecule has 0 unspecified atom stereocenters. The van der Waals surface area contributed by atoms with Gasteiger partial charge in [-0.3, -0.25) is 4.79 Å². The summed E-state index contributed by atoms with van der Waals surface area (Å²) >= 11 is 0. The van der Waals surface area contributed by atoms with Crippen molar-refractivity contribution in [2.45, 2.75) is 13.2 Å². The first-order chi connectivity index (χ1) is 11.5. The third-order valence-electron chi connectivity index (χ3n) is 3.41. The summed E-state index contributed by atoms with van der Waals surface area (Å²) in [7, 11) is 1.45. The van der Waals surface area contributed by atoms with Crippen LogP contribution >= 0.6 is 0 Å². The van der Waals surface area contributed by atoms with Crippen LogP contribution in [0.1, 0.15) is 16.7 Å². The van der Waals surface area contributed by atoms with E-state index in [9.17, 15) is 15.0 Å². The average molecular weight is 329 g/mol. The number of aromatic hydroxyl groups is 2.